The zero-order valence-electron chi connectivity index (χ0n) is 12.0. The van der Waals surface area contributed by atoms with E-state index in [0.717, 1.165) is 32.1 Å². The second kappa shape index (κ2) is 5.99. The molecule has 0 aromatic rings. The van der Waals surface area contributed by atoms with Crippen LogP contribution in [0, 0.1) is 5.92 Å². The van der Waals surface area contributed by atoms with Crippen LogP contribution >= 0.6 is 0 Å². The number of carboxylic acids is 1. The molecule has 1 unspecified atom stereocenters. The fraction of sp³-hybridized carbons (Fsp3) is 0.923. The molecular formula is C13H24N2O4S. The Morgan fingerprint density at radius 2 is 1.90 bits per heavy atom. The van der Waals surface area contributed by atoms with Crippen LogP contribution in [0.2, 0.25) is 0 Å². The molecule has 6 nitrogen and oxygen atoms in total. The molecule has 0 spiro atoms. The first-order valence-corrected chi connectivity index (χ1v) is 8.78. The molecule has 0 bridgehead atoms. The summed E-state index contributed by atoms with van der Waals surface area (Å²) in [5.41, 5.74) is -0.382. The maximum atomic E-state index is 12.4. The highest BCUT2D eigenvalue weighted by molar-refractivity contribution is 7.87. The molecule has 7 heteroatoms. The lowest BCUT2D eigenvalue weighted by atomic mass is 9.84. The number of carbonyl (C=O) groups is 1. The highest BCUT2D eigenvalue weighted by atomic mass is 32.2. The number of hydrogen-bond acceptors (Lipinski definition) is 3. The molecule has 0 aromatic carbocycles. The van der Waals surface area contributed by atoms with E-state index in [2.05, 4.69) is 4.72 Å². The van der Waals surface area contributed by atoms with Crippen molar-refractivity contribution < 1.29 is 18.3 Å². The number of nitrogens with zero attached hydrogens (tertiary/aromatic N) is 1. The molecule has 0 radical (unpaired) electrons. The quantitative estimate of drug-likeness (QED) is 0.820. The Bertz CT molecular complexity index is 457. The fourth-order valence-electron chi connectivity index (χ4n) is 3.17. The average molecular weight is 304 g/mol. The second-order valence-electron chi connectivity index (χ2n) is 6.26. The van der Waals surface area contributed by atoms with E-state index < -0.39 is 22.1 Å². The molecule has 1 aliphatic carbocycles. The van der Waals surface area contributed by atoms with Crippen LogP contribution in [0.3, 0.4) is 0 Å². The monoisotopic (exact) mass is 304 g/mol. The predicted molar refractivity (Wildman–Crippen MR) is 75.5 cm³/mol. The van der Waals surface area contributed by atoms with Crippen molar-refractivity contribution in [1.82, 2.24) is 9.03 Å². The summed E-state index contributed by atoms with van der Waals surface area (Å²) in [6.45, 7) is 2.44. The number of nitrogens with one attached hydrogen (secondary N) is 1. The lowest BCUT2D eigenvalue weighted by molar-refractivity contribution is -0.142. The Morgan fingerprint density at radius 1 is 1.25 bits per heavy atom. The fourth-order valence-corrected chi connectivity index (χ4v) is 4.87. The van der Waals surface area contributed by atoms with Gasteiger partial charge in [0.2, 0.25) is 0 Å². The van der Waals surface area contributed by atoms with E-state index in [4.69, 9.17) is 5.11 Å². The van der Waals surface area contributed by atoms with E-state index >= 15 is 0 Å². The van der Waals surface area contributed by atoms with Gasteiger partial charge in [0, 0.05) is 18.6 Å². The summed E-state index contributed by atoms with van der Waals surface area (Å²) in [6, 6.07) is 0. The Kier molecular flexibility index (Phi) is 4.71. The third-order valence-corrected chi connectivity index (χ3v) is 6.17. The van der Waals surface area contributed by atoms with Crippen molar-refractivity contribution in [3.05, 3.63) is 0 Å². The minimum Gasteiger partial charge on any atom is -0.481 e. The summed E-state index contributed by atoms with van der Waals surface area (Å²) < 4.78 is 29.0. The molecule has 20 heavy (non-hydrogen) atoms. The first-order valence-electron chi connectivity index (χ1n) is 7.34. The Hall–Kier alpha value is -0.660. The largest absolute Gasteiger partial charge is 0.481 e. The van der Waals surface area contributed by atoms with Crippen molar-refractivity contribution in [3.63, 3.8) is 0 Å². The van der Waals surface area contributed by atoms with Gasteiger partial charge in [-0.3, -0.25) is 4.79 Å². The van der Waals surface area contributed by atoms with Crippen LogP contribution in [0.5, 0.6) is 0 Å². The van der Waals surface area contributed by atoms with Crippen LogP contribution in [-0.2, 0) is 15.0 Å². The van der Waals surface area contributed by atoms with E-state index in [1.54, 1.807) is 0 Å². The van der Waals surface area contributed by atoms with Crippen LogP contribution in [-0.4, -0.2) is 42.4 Å². The molecular weight excluding hydrogens is 280 g/mol. The standard InChI is InChI=1S/C13H24N2O4S/c1-13(7-3-2-4-8-13)14-20(18,19)15-9-5-6-11(10-15)12(16)17/h11,14H,2-10H2,1H3,(H,16,17). The first-order chi connectivity index (χ1) is 9.32. The minimum absolute atomic E-state index is 0.0841. The molecule has 2 fully saturated rings. The van der Waals surface area contributed by atoms with Gasteiger partial charge in [-0.05, 0) is 32.6 Å². The van der Waals surface area contributed by atoms with Gasteiger partial charge < -0.3 is 5.11 Å². The van der Waals surface area contributed by atoms with E-state index in [-0.39, 0.29) is 12.1 Å². The maximum absolute atomic E-state index is 12.4. The maximum Gasteiger partial charge on any atom is 0.307 e. The van der Waals surface area contributed by atoms with Gasteiger partial charge in [0.15, 0.2) is 0 Å². The van der Waals surface area contributed by atoms with E-state index in [9.17, 15) is 13.2 Å². The van der Waals surface area contributed by atoms with Gasteiger partial charge in [0.1, 0.15) is 0 Å². The van der Waals surface area contributed by atoms with E-state index in [1.165, 1.54) is 4.31 Å². The van der Waals surface area contributed by atoms with Crippen molar-refractivity contribution >= 4 is 16.2 Å². The van der Waals surface area contributed by atoms with Gasteiger partial charge in [-0.15, -0.1) is 0 Å². The summed E-state index contributed by atoms with van der Waals surface area (Å²) in [6.07, 6.45) is 6.09. The third kappa shape index (κ3) is 3.71. The summed E-state index contributed by atoms with van der Waals surface area (Å²) in [5, 5.41) is 9.05. The lowest BCUT2D eigenvalue weighted by Gasteiger charge is -2.37. The topological polar surface area (TPSA) is 86.7 Å². The number of carboxylic acid groups (broad SMARTS) is 1. The number of piperidine rings is 1. The SMILES string of the molecule is CC1(NS(=O)(=O)N2CCCC(C(=O)O)C2)CCCCC1. The molecule has 1 heterocycles. The van der Waals surface area contributed by atoms with Gasteiger partial charge >= 0.3 is 5.97 Å². The van der Waals surface area contributed by atoms with Crippen molar-refractivity contribution in [2.24, 2.45) is 5.92 Å². The van der Waals surface area contributed by atoms with Gasteiger partial charge in [0.25, 0.3) is 10.2 Å². The molecule has 1 atom stereocenters. The van der Waals surface area contributed by atoms with E-state index in [1.807, 2.05) is 6.92 Å². The molecule has 0 amide bonds. The molecule has 2 aliphatic rings. The smallest absolute Gasteiger partial charge is 0.307 e. The van der Waals surface area contributed by atoms with Crippen molar-refractivity contribution in [2.75, 3.05) is 13.1 Å². The van der Waals surface area contributed by atoms with Gasteiger partial charge in [-0.1, -0.05) is 19.3 Å². The van der Waals surface area contributed by atoms with Crippen molar-refractivity contribution in [3.8, 4) is 0 Å². The molecule has 0 aromatic heterocycles. The zero-order valence-corrected chi connectivity index (χ0v) is 12.8. The Morgan fingerprint density at radius 3 is 2.50 bits per heavy atom. The highest BCUT2D eigenvalue weighted by Gasteiger charge is 2.37. The van der Waals surface area contributed by atoms with Gasteiger partial charge in [0.05, 0.1) is 5.92 Å². The van der Waals surface area contributed by atoms with Crippen LogP contribution in [0.15, 0.2) is 0 Å². The molecule has 1 saturated heterocycles. The molecule has 2 rings (SSSR count). The molecule has 1 aliphatic heterocycles. The number of aliphatic carboxylic acids is 1. The minimum atomic E-state index is -3.59. The summed E-state index contributed by atoms with van der Waals surface area (Å²) in [5.74, 6) is -1.49. The molecule has 116 valence electrons. The van der Waals surface area contributed by atoms with E-state index in [0.29, 0.717) is 19.4 Å². The number of rotatable bonds is 4. The summed E-state index contributed by atoms with van der Waals surface area (Å²) in [7, 11) is -3.59. The summed E-state index contributed by atoms with van der Waals surface area (Å²) >= 11 is 0. The zero-order chi connectivity index (χ0) is 14.8. The van der Waals surface area contributed by atoms with Crippen LogP contribution in [0.1, 0.15) is 51.9 Å². The average Bonchev–Trinajstić information content (AvgIpc) is 2.38. The highest BCUT2D eigenvalue weighted by Crippen LogP contribution is 2.29. The lowest BCUT2D eigenvalue weighted by Crippen LogP contribution is -2.55. The van der Waals surface area contributed by atoms with Crippen LogP contribution in [0.25, 0.3) is 0 Å². The molecule has 2 N–H and O–H groups in total. The third-order valence-electron chi connectivity index (χ3n) is 4.41. The first kappa shape index (κ1) is 15.7. The van der Waals surface area contributed by atoms with Crippen molar-refractivity contribution in [1.29, 1.82) is 0 Å². The Labute approximate surface area is 120 Å². The van der Waals surface area contributed by atoms with Crippen molar-refractivity contribution in [2.45, 2.75) is 57.4 Å². The molecule has 1 saturated carbocycles. The Balaban J connectivity index is 2.04. The summed E-state index contributed by atoms with van der Waals surface area (Å²) in [4.78, 5) is 11.0. The van der Waals surface area contributed by atoms with Crippen LogP contribution in [0.4, 0.5) is 0 Å². The van der Waals surface area contributed by atoms with Gasteiger partial charge in [-0.2, -0.15) is 17.4 Å². The predicted octanol–water partition coefficient (Wildman–Crippen LogP) is 1.34. The normalized spacial score (nSPS) is 28.1. The number of hydrogen-bond donors (Lipinski definition) is 2. The van der Waals surface area contributed by atoms with Gasteiger partial charge in [-0.25, -0.2) is 0 Å². The van der Waals surface area contributed by atoms with Crippen LogP contribution < -0.4 is 4.72 Å². The second-order valence-corrected chi connectivity index (χ2v) is 7.93.